The van der Waals surface area contributed by atoms with Crippen LogP contribution in [0.3, 0.4) is 0 Å². The SMILES string of the molecule is OC1OCC(F)(F)C1F. The first-order valence-corrected chi connectivity index (χ1v) is 2.35. The molecule has 0 aliphatic carbocycles. The normalized spacial score (nSPS) is 41.3. The summed E-state index contributed by atoms with van der Waals surface area (Å²) in [7, 11) is 0. The summed E-state index contributed by atoms with van der Waals surface area (Å²) in [6, 6.07) is 0. The Kier molecular flexibility index (Phi) is 1.40. The molecule has 5 heteroatoms. The first-order valence-electron chi connectivity index (χ1n) is 2.35. The highest BCUT2D eigenvalue weighted by Gasteiger charge is 2.51. The van der Waals surface area contributed by atoms with Gasteiger partial charge in [0.2, 0.25) is 6.17 Å². The van der Waals surface area contributed by atoms with Crippen LogP contribution < -0.4 is 0 Å². The Morgan fingerprint density at radius 1 is 1.56 bits per heavy atom. The minimum atomic E-state index is -3.51. The van der Waals surface area contributed by atoms with Crippen LogP contribution >= 0.6 is 0 Å². The van der Waals surface area contributed by atoms with Crippen molar-refractivity contribution in [2.45, 2.75) is 18.4 Å². The van der Waals surface area contributed by atoms with Crippen molar-refractivity contribution < 1.29 is 23.0 Å². The highest BCUT2D eigenvalue weighted by atomic mass is 19.3. The van der Waals surface area contributed by atoms with Gasteiger partial charge in [-0.1, -0.05) is 0 Å². The molecule has 1 heterocycles. The van der Waals surface area contributed by atoms with Crippen LogP contribution in [0.1, 0.15) is 0 Å². The molecule has 0 aromatic heterocycles. The zero-order valence-electron chi connectivity index (χ0n) is 4.35. The molecule has 0 aromatic carbocycles. The van der Waals surface area contributed by atoms with Gasteiger partial charge in [0.15, 0.2) is 6.29 Å². The molecule has 0 saturated carbocycles. The van der Waals surface area contributed by atoms with E-state index < -0.39 is 25.0 Å². The monoisotopic (exact) mass is 142 g/mol. The maximum Gasteiger partial charge on any atom is 0.306 e. The summed E-state index contributed by atoms with van der Waals surface area (Å²) in [5, 5.41) is 8.26. The predicted molar refractivity (Wildman–Crippen MR) is 21.8 cm³/mol. The molecule has 1 saturated heterocycles. The molecule has 0 aromatic rings. The molecule has 0 bridgehead atoms. The summed E-state index contributed by atoms with van der Waals surface area (Å²) < 4.78 is 39.7. The standard InChI is InChI=1S/C4H5F3O2/c5-2-3(8)9-1-4(2,6)7/h2-3,8H,1H2. The molecule has 1 aliphatic heterocycles. The van der Waals surface area contributed by atoms with E-state index in [0.717, 1.165) is 0 Å². The highest BCUT2D eigenvalue weighted by Crippen LogP contribution is 2.31. The quantitative estimate of drug-likeness (QED) is 0.527. The lowest BCUT2D eigenvalue weighted by Gasteiger charge is -2.08. The Bertz CT molecular complexity index is 116. The maximum atomic E-state index is 12.0. The highest BCUT2D eigenvalue weighted by molar-refractivity contribution is 4.84. The van der Waals surface area contributed by atoms with E-state index in [2.05, 4.69) is 4.74 Å². The minimum absolute atomic E-state index is 1.03. The summed E-state index contributed by atoms with van der Waals surface area (Å²) in [4.78, 5) is 0. The van der Waals surface area contributed by atoms with Crippen molar-refractivity contribution in [3.63, 3.8) is 0 Å². The second-order valence-electron chi connectivity index (χ2n) is 1.86. The van der Waals surface area contributed by atoms with Gasteiger partial charge >= 0.3 is 5.92 Å². The molecule has 54 valence electrons. The van der Waals surface area contributed by atoms with Crippen molar-refractivity contribution in [2.75, 3.05) is 6.61 Å². The number of alkyl halides is 3. The fourth-order valence-electron chi connectivity index (χ4n) is 0.569. The van der Waals surface area contributed by atoms with Crippen molar-refractivity contribution in [3.05, 3.63) is 0 Å². The van der Waals surface area contributed by atoms with Gasteiger partial charge in [-0.25, -0.2) is 13.2 Å². The van der Waals surface area contributed by atoms with Gasteiger partial charge in [0, 0.05) is 0 Å². The van der Waals surface area contributed by atoms with Gasteiger partial charge in [-0.3, -0.25) is 0 Å². The number of halogens is 3. The van der Waals surface area contributed by atoms with E-state index in [1.807, 2.05) is 0 Å². The Hall–Kier alpha value is -0.290. The fourth-order valence-corrected chi connectivity index (χ4v) is 0.569. The molecule has 1 rings (SSSR count). The molecule has 2 nitrogen and oxygen atoms in total. The van der Waals surface area contributed by atoms with Gasteiger partial charge < -0.3 is 9.84 Å². The smallest absolute Gasteiger partial charge is 0.306 e. The fraction of sp³-hybridized carbons (Fsp3) is 1.00. The van der Waals surface area contributed by atoms with Crippen LogP contribution in [0.5, 0.6) is 0 Å². The van der Waals surface area contributed by atoms with Crippen molar-refractivity contribution in [3.8, 4) is 0 Å². The van der Waals surface area contributed by atoms with E-state index in [4.69, 9.17) is 5.11 Å². The summed E-state index contributed by atoms with van der Waals surface area (Å²) in [5.74, 6) is -3.51. The predicted octanol–water partition coefficient (Wildman–Crippen LogP) is 0.308. The van der Waals surface area contributed by atoms with Crippen molar-refractivity contribution in [1.29, 1.82) is 0 Å². The molecule has 1 aliphatic rings. The number of ether oxygens (including phenoxy) is 1. The lowest BCUT2D eigenvalue weighted by atomic mass is 10.2. The summed E-state index contributed by atoms with van der Waals surface area (Å²) in [6.45, 7) is -1.03. The molecular formula is C4H5F3O2. The molecule has 1 fully saturated rings. The Morgan fingerprint density at radius 3 is 2.22 bits per heavy atom. The third kappa shape index (κ3) is 1.02. The summed E-state index contributed by atoms with van der Waals surface area (Å²) in [5.41, 5.74) is 0. The van der Waals surface area contributed by atoms with Crippen LogP contribution in [0.15, 0.2) is 0 Å². The first kappa shape index (κ1) is 6.82. The summed E-state index contributed by atoms with van der Waals surface area (Å²) in [6.07, 6.45) is -4.53. The largest absolute Gasteiger partial charge is 0.365 e. The molecule has 9 heavy (non-hydrogen) atoms. The molecule has 2 unspecified atom stereocenters. The third-order valence-corrected chi connectivity index (χ3v) is 1.10. The molecule has 0 spiro atoms. The zero-order valence-corrected chi connectivity index (χ0v) is 4.35. The number of rotatable bonds is 0. The van der Waals surface area contributed by atoms with Crippen LogP contribution in [-0.4, -0.2) is 30.1 Å². The summed E-state index contributed by atoms with van der Waals surface area (Å²) >= 11 is 0. The van der Waals surface area contributed by atoms with Gasteiger partial charge in [-0.05, 0) is 0 Å². The second-order valence-corrected chi connectivity index (χ2v) is 1.86. The number of hydrogen-bond acceptors (Lipinski definition) is 2. The second kappa shape index (κ2) is 1.85. The number of aliphatic hydroxyl groups excluding tert-OH is 1. The molecule has 2 atom stereocenters. The average molecular weight is 142 g/mol. The van der Waals surface area contributed by atoms with Gasteiger partial charge in [-0.2, -0.15) is 0 Å². The van der Waals surface area contributed by atoms with Crippen LogP contribution in [0.4, 0.5) is 13.2 Å². The average Bonchev–Trinajstić information content (AvgIpc) is 1.97. The van der Waals surface area contributed by atoms with E-state index in [0.29, 0.717) is 0 Å². The van der Waals surface area contributed by atoms with E-state index >= 15 is 0 Å². The van der Waals surface area contributed by atoms with Gasteiger partial charge in [-0.15, -0.1) is 0 Å². The zero-order chi connectivity index (χ0) is 7.07. The molecule has 0 radical (unpaired) electrons. The van der Waals surface area contributed by atoms with E-state index in [1.165, 1.54) is 0 Å². The van der Waals surface area contributed by atoms with E-state index in [-0.39, 0.29) is 0 Å². The van der Waals surface area contributed by atoms with Crippen molar-refractivity contribution >= 4 is 0 Å². The minimum Gasteiger partial charge on any atom is -0.365 e. The maximum absolute atomic E-state index is 12.0. The van der Waals surface area contributed by atoms with Gasteiger partial charge in [0.25, 0.3) is 0 Å². The van der Waals surface area contributed by atoms with Gasteiger partial charge in [0.05, 0.1) is 0 Å². The molecular weight excluding hydrogens is 137 g/mol. The third-order valence-electron chi connectivity index (χ3n) is 1.10. The van der Waals surface area contributed by atoms with Crippen LogP contribution in [0.25, 0.3) is 0 Å². The topological polar surface area (TPSA) is 29.5 Å². The van der Waals surface area contributed by atoms with Gasteiger partial charge in [0.1, 0.15) is 6.61 Å². The lowest BCUT2D eigenvalue weighted by Crippen LogP contribution is -2.31. The Morgan fingerprint density at radius 2 is 2.11 bits per heavy atom. The lowest BCUT2D eigenvalue weighted by molar-refractivity contribution is -0.0954. The van der Waals surface area contributed by atoms with Crippen molar-refractivity contribution in [1.82, 2.24) is 0 Å². The van der Waals surface area contributed by atoms with Crippen LogP contribution in [0, 0.1) is 0 Å². The van der Waals surface area contributed by atoms with E-state index in [1.54, 1.807) is 0 Å². The Labute approximate surface area is 49.2 Å². The number of hydrogen-bond donors (Lipinski definition) is 1. The number of aliphatic hydroxyl groups is 1. The first-order chi connectivity index (χ1) is 4.04. The molecule has 0 amide bonds. The van der Waals surface area contributed by atoms with Crippen molar-refractivity contribution in [2.24, 2.45) is 0 Å². The van der Waals surface area contributed by atoms with Crippen LogP contribution in [-0.2, 0) is 4.74 Å². The Balaban J connectivity index is 2.62. The molecule has 1 N–H and O–H groups in total. The van der Waals surface area contributed by atoms with E-state index in [9.17, 15) is 13.2 Å². The van der Waals surface area contributed by atoms with Crippen LogP contribution in [0.2, 0.25) is 0 Å².